The molecule has 1 saturated heterocycles. The maximum atomic E-state index is 13.2. The van der Waals surface area contributed by atoms with Crippen molar-refractivity contribution in [1.29, 1.82) is 0 Å². The Morgan fingerprint density at radius 3 is 2.45 bits per heavy atom. The normalized spacial score (nSPS) is 16.8. The summed E-state index contributed by atoms with van der Waals surface area (Å²) in [4.78, 5) is 24.8. The molecule has 0 unspecified atom stereocenters. The summed E-state index contributed by atoms with van der Waals surface area (Å²) in [6.07, 6.45) is 1.19. The number of esters is 1. The number of amides is 1. The fraction of sp³-hybridized carbons (Fsp3) is 0.417. The minimum Gasteiger partial charge on any atom is -0.494 e. The number of nitrogens with zero attached hydrogens (tertiary/aromatic N) is 1. The van der Waals surface area contributed by atoms with Gasteiger partial charge in [-0.3, -0.25) is 4.79 Å². The van der Waals surface area contributed by atoms with Crippen molar-refractivity contribution < 1.29 is 27.5 Å². The second-order valence-corrected chi connectivity index (χ2v) is 9.79. The second-order valence-electron chi connectivity index (χ2n) is 7.85. The predicted molar refractivity (Wildman–Crippen MR) is 125 cm³/mol. The molecule has 1 N–H and O–H groups in total. The molecule has 1 atom stereocenters. The molecule has 178 valence electrons. The molecule has 33 heavy (non-hydrogen) atoms. The van der Waals surface area contributed by atoms with Crippen LogP contribution < -0.4 is 10.1 Å². The maximum Gasteiger partial charge on any atom is 0.338 e. The van der Waals surface area contributed by atoms with Crippen LogP contribution in [-0.2, 0) is 19.6 Å². The van der Waals surface area contributed by atoms with E-state index in [1.807, 2.05) is 13.8 Å². The van der Waals surface area contributed by atoms with E-state index in [-0.39, 0.29) is 24.0 Å². The van der Waals surface area contributed by atoms with Crippen LogP contribution in [0.15, 0.2) is 47.4 Å². The number of nitrogens with one attached hydrogen (secondary N) is 1. The van der Waals surface area contributed by atoms with E-state index in [9.17, 15) is 18.0 Å². The predicted octanol–water partition coefficient (Wildman–Crippen LogP) is 3.61. The first-order chi connectivity index (χ1) is 15.8. The van der Waals surface area contributed by atoms with Gasteiger partial charge in [0.25, 0.3) is 0 Å². The average molecular weight is 475 g/mol. The van der Waals surface area contributed by atoms with E-state index in [0.29, 0.717) is 43.0 Å². The highest BCUT2D eigenvalue weighted by molar-refractivity contribution is 7.89. The summed E-state index contributed by atoms with van der Waals surface area (Å²) in [5.74, 6) is -0.488. The van der Waals surface area contributed by atoms with Crippen LogP contribution in [0.5, 0.6) is 5.75 Å². The van der Waals surface area contributed by atoms with Crippen LogP contribution in [0.25, 0.3) is 0 Å². The molecule has 1 heterocycles. The smallest absolute Gasteiger partial charge is 0.338 e. The third kappa shape index (κ3) is 5.91. The number of hydrogen-bond donors (Lipinski definition) is 1. The van der Waals surface area contributed by atoms with Gasteiger partial charge in [-0.05, 0) is 81.6 Å². The molecule has 0 spiro atoms. The average Bonchev–Trinajstić information content (AvgIpc) is 2.81. The molecule has 0 radical (unpaired) electrons. The maximum absolute atomic E-state index is 13.2. The first kappa shape index (κ1) is 24.7. The van der Waals surface area contributed by atoms with Crippen LogP contribution in [-0.4, -0.2) is 50.9 Å². The van der Waals surface area contributed by atoms with Gasteiger partial charge in [0.2, 0.25) is 15.9 Å². The van der Waals surface area contributed by atoms with Crippen molar-refractivity contribution in [3.63, 3.8) is 0 Å². The standard InChI is InChI=1S/C24H30N2O6S/c1-4-31-22-13-12-21(15-17(22)3)33(29,30)26-14-6-7-19(16-26)23(27)25-20-10-8-18(9-11-20)24(28)32-5-2/h8-13,15,19H,4-7,14,16H2,1-3H3,(H,25,27)/t19-/m0/s1. The number of carbonyl (C=O) groups excluding carboxylic acids is 2. The van der Waals surface area contributed by atoms with Gasteiger partial charge in [-0.25, -0.2) is 13.2 Å². The number of rotatable bonds is 8. The number of carbonyl (C=O) groups is 2. The highest BCUT2D eigenvalue weighted by atomic mass is 32.2. The molecule has 2 aromatic rings. The SMILES string of the molecule is CCOC(=O)c1ccc(NC(=O)[C@H]2CCCN(S(=O)(=O)c3ccc(OCC)c(C)c3)C2)cc1. The minimum atomic E-state index is -3.73. The van der Waals surface area contributed by atoms with E-state index in [1.54, 1.807) is 49.4 Å². The van der Waals surface area contributed by atoms with Crippen LogP contribution in [0.2, 0.25) is 0 Å². The summed E-state index contributed by atoms with van der Waals surface area (Å²) in [5.41, 5.74) is 1.68. The highest BCUT2D eigenvalue weighted by Crippen LogP contribution is 2.28. The molecule has 1 fully saturated rings. The van der Waals surface area contributed by atoms with Gasteiger partial charge >= 0.3 is 5.97 Å². The topological polar surface area (TPSA) is 102 Å². The summed E-state index contributed by atoms with van der Waals surface area (Å²) in [5, 5.41) is 2.82. The van der Waals surface area contributed by atoms with Crippen LogP contribution in [0, 0.1) is 12.8 Å². The zero-order valence-corrected chi connectivity index (χ0v) is 20.0. The molecule has 3 rings (SSSR count). The van der Waals surface area contributed by atoms with Gasteiger partial charge < -0.3 is 14.8 Å². The van der Waals surface area contributed by atoms with E-state index in [4.69, 9.17) is 9.47 Å². The van der Waals surface area contributed by atoms with E-state index in [0.717, 1.165) is 5.56 Å². The molecule has 1 amide bonds. The number of benzene rings is 2. The molecule has 9 heteroatoms. The summed E-state index contributed by atoms with van der Waals surface area (Å²) in [6.45, 7) is 6.68. The summed E-state index contributed by atoms with van der Waals surface area (Å²) in [6, 6.07) is 11.2. The number of hydrogen-bond acceptors (Lipinski definition) is 6. The van der Waals surface area contributed by atoms with Gasteiger partial charge in [0.15, 0.2) is 0 Å². The lowest BCUT2D eigenvalue weighted by Gasteiger charge is -2.31. The second kappa shape index (κ2) is 10.8. The number of piperidine rings is 1. The lowest BCUT2D eigenvalue weighted by atomic mass is 9.98. The van der Waals surface area contributed by atoms with Crippen molar-refractivity contribution in [2.24, 2.45) is 5.92 Å². The lowest BCUT2D eigenvalue weighted by Crippen LogP contribution is -2.43. The fourth-order valence-electron chi connectivity index (χ4n) is 3.77. The largest absolute Gasteiger partial charge is 0.494 e. The Morgan fingerprint density at radius 1 is 1.09 bits per heavy atom. The Balaban J connectivity index is 1.67. The lowest BCUT2D eigenvalue weighted by molar-refractivity contribution is -0.120. The molecular weight excluding hydrogens is 444 g/mol. The monoisotopic (exact) mass is 474 g/mol. The molecule has 1 aliphatic heterocycles. The van der Waals surface area contributed by atoms with Gasteiger partial charge in [-0.2, -0.15) is 4.31 Å². The van der Waals surface area contributed by atoms with Crippen molar-refractivity contribution in [2.45, 2.75) is 38.5 Å². The van der Waals surface area contributed by atoms with Crippen molar-refractivity contribution in [3.8, 4) is 5.75 Å². The van der Waals surface area contributed by atoms with Gasteiger partial charge in [0, 0.05) is 18.8 Å². The van der Waals surface area contributed by atoms with Crippen LogP contribution in [0.1, 0.15) is 42.6 Å². The quantitative estimate of drug-likeness (QED) is 0.587. The molecule has 0 aromatic heterocycles. The third-order valence-corrected chi connectivity index (χ3v) is 7.36. The Morgan fingerprint density at radius 2 is 1.82 bits per heavy atom. The summed E-state index contributed by atoms with van der Waals surface area (Å²) >= 11 is 0. The van der Waals surface area contributed by atoms with Gasteiger partial charge in [0.05, 0.1) is 29.6 Å². The van der Waals surface area contributed by atoms with Crippen molar-refractivity contribution in [2.75, 3.05) is 31.6 Å². The van der Waals surface area contributed by atoms with Crippen LogP contribution in [0.3, 0.4) is 0 Å². The first-order valence-electron chi connectivity index (χ1n) is 11.1. The fourth-order valence-corrected chi connectivity index (χ4v) is 5.38. The summed E-state index contributed by atoms with van der Waals surface area (Å²) in [7, 11) is -3.73. The van der Waals surface area contributed by atoms with E-state index < -0.39 is 21.9 Å². The third-order valence-electron chi connectivity index (χ3n) is 5.50. The molecule has 2 aromatic carbocycles. The Bertz CT molecular complexity index is 1100. The number of anilines is 1. The molecular formula is C24H30N2O6S. The Labute approximate surface area is 194 Å². The zero-order chi connectivity index (χ0) is 24.0. The first-order valence-corrected chi connectivity index (χ1v) is 12.5. The van der Waals surface area contributed by atoms with Crippen LogP contribution in [0.4, 0.5) is 5.69 Å². The van der Waals surface area contributed by atoms with Crippen molar-refractivity contribution in [3.05, 3.63) is 53.6 Å². The highest BCUT2D eigenvalue weighted by Gasteiger charge is 2.33. The van der Waals surface area contributed by atoms with Gasteiger partial charge in [-0.1, -0.05) is 0 Å². The van der Waals surface area contributed by atoms with Crippen LogP contribution >= 0.6 is 0 Å². The molecule has 8 nitrogen and oxygen atoms in total. The zero-order valence-electron chi connectivity index (χ0n) is 19.2. The molecule has 0 saturated carbocycles. The van der Waals surface area contributed by atoms with E-state index in [2.05, 4.69) is 5.32 Å². The molecule has 0 bridgehead atoms. The summed E-state index contributed by atoms with van der Waals surface area (Å²) < 4.78 is 38.2. The van der Waals surface area contributed by atoms with Crippen molar-refractivity contribution >= 4 is 27.6 Å². The molecule has 0 aliphatic carbocycles. The number of aryl methyl sites for hydroxylation is 1. The van der Waals surface area contributed by atoms with E-state index in [1.165, 1.54) is 4.31 Å². The van der Waals surface area contributed by atoms with Gasteiger partial charge in [-0.15, -0.1) is 0 Å². The van der Waals surface area contributed by atoms with Crippen molar-refractivity contribution in [1.82, 2.24) is 4.31 Å². The Kier molecular flexibility index (Phi) is 8.10. The minimum absolute atomic E-state index is 0.112. The Hall–Kier alpha value is -2.91. The number of sulfonamides is 1. The molecule has 1 aliphatic rings. The number of ether oxygens (including phenoxy) is 2. The van der Waals surface area contributed by atoms with E-state index >= 15 is 0 Å². The van der Waals surface area contributed by atoms with Gasteiger partial charge in [0.1, 0.15) is 5.75 Å².